The van der Waals surface area contributed by atoms with Gasteiger partial charge >= 0.3 is 5.97 Å². The van der Waals surface area contributed by atoms with Gasteiger partial charge in [0.05, 0.1) is 18.4 Å². The van der Waals surface area contributed by atoms with Crippen LogP contribution in [0.15, 0.2) is 35.3 Å². The first-order valence-corrected chi connectivity index (χ1v) is 9.47. The van der Waals surface area contributed by atoms with Gasteiger partial charge in [0, 0.05) is 11.3 Å². The van der Waals surface area contributed by atoms with Crippen LogP contribution in [0, 0.1) is 6.92 Å². The molecule has 2 aromatic heterocycles. The first-order chi connectivity index (χ1) is 14.4. The molecule has 0 bridgehead atoms. The molecule has 0 aliphatic rings. The fourth-order valence-electron chi connectivity index (χ4n) is 2.87. The van der Waals surface area contributed by atoms with Crippen molar-refractivity contribution >= 4 is 28.7 Å². The summed E-state index contributed by atoms with van der Waals surface area (Å²) in [4.78, 5) is 50.6. The molecular formula is C20H22N6O4. The Hall–Kier alpha value is -3.82. The maximum atomic E-state index is 12.3. The number of aromatic amines is 1. The zero-order chi connectivity index (χ0) is 21.7. The van der Waals surface area contributed by atoms with Gasteiger partial charge in [-0.2, -0.15) is 0 Å². The van der Waals surface area contributed by atoms with Crippen LogP contribution in [-0.4, -0.2) is 43.0 Å². The molecule has 10 heteroatoms. The van der Waals surface area contributed by atoms with Crippen molar-refractivity contribution in [1.29, 1.82) is 0 Å². The number of carbonyl (C=O) groups is 2. The fraction of sp³-hybridized carbons (Fsp3) is 0.300. The predicted molar refractivity (Wildman–Crippen MR) is 110 cm³/mol. The van der Waals surface area contributed by atoms with Crippen molar-refractivity contribution in [2.45, 2.75) is 39.3 Å². The van der Waals surface area contributed by atoms with Crippen molar-refractivity contribution in [3.63, 3.8) is 0 Å². The van der Waals surface area contributed by atoms with Gasteiger partial charge in [0.1, 0.15) is 11.9 Å². The highest BCUT2D eigenvalue weighted by Gasteiger charge is 2.19. The minimum Gasteiger partial charge on any atom is -0.480 e. The second kappa shape index (κ2) is 9.12. The number of rotatable bonds is 8. The van der Waals surface area contributed by atoms with Crippen LogP contribution in [0.3, 0.4) is 0 Å². The lowest BCUT2D eigenvalue weighted by Gasteiger charge is -2.14. The SMILES string of the molecule is CCC[C@H](NC(=O)c1ccc(NCc2cnc3nc(C)[nH]c(=O)c3n2)cc1)C(=O)O. The largest absolute Gasteiger partial charge is 0.480 e. The number of nitrogens with zero attached hydrogens (tertiary/aromatic N) is 3. The van der Waals surface area contributed by atoms with Crippen molar-refractivity contribution in [2.24, 2.45) is 0 Å². The van der Waals surface area contributed by atoms with E-state index in [2.05, 4.69) is 30.6 Å². The number of nitrogens with one attached hydrogen (secondary N) is 3. The molecule has 0 saturated carbocycles. The first kappa shape index (κ1) is 20.9. The molecule has 0 saturated heterocycles. The number of carbonyl (C=O) groups excluding carboxylic acids is 1. The monoisotopic (exact) mass is 410 g/mol. The number of benzene rings is 1. The smallest absolute Gasteiger partial charge is 0.326 e. The number of aliphatic carboxylic acids is 1. The summed E-state index contributed by atoms with van der Waals surface area (Å²) >= 11 is 0. The van der Waals surface area contributed by atoms with Crippen LogP contribution in [0.4, 0.5) is 5.69 Å². The molecule has 0 unspecified atom stereocenters. The molecule has 30 heavy (non-hydrogen) atoms. The molecule has 0 aliphatic heterocycles. The normalized spacial score (nSPS) is 11.8. The van der Waals surface area contributed by atoms with E-state index >= 15 is 0 Å². The zero-order valence-corrected chi connectivity index (χ0v) is 16.6. The average molecular weight is 410 g/mol. The Morgan fingerprint density at radius 2 is 1.93 bits per heavy atom. The highest BCUT2D eigenvalue weighted by molar-refractivity contribution is 5.96. The lowest BCUT2D eigenvalue weighted by Crippen LogP contribution is -2.40. The maximum absolute atomic E-state index is 12.3. The summed E-state index contributed by atoms with van der Waals surface area (Å²) in [7, 11) is 0. The number of aromatic nitrogens is 4. The van der Waals surface area contributed by atoms with Gasteiger partial charge in [0.2, 0.25) is 0 Å². The van der Waals surface area contributed by atoms with Gasteiger partial charge in [-0.3, -0.25) is 9.59 Å². The summed E-state index contributed by atoms with van der Waals surface area (Å²) in [5, 5.41) is 14.8. The number of carboxylic acids is 1. The number of fused-ring (bicyclic) bond motifs is 1. The minimum absolute atomic E-state index is 0.173. The van der Waals surface area contributed by atoms with E-state index < -0.39 is 17.9 Å². The quantitative estimate of drug-likeness (QED) is 0.437. The highest BCUT2D eigenvalue weighted by Crippen LogP contribution is 2.12. The Kier molecular flexibility index (Phi) is 6.35. The van der Waals surface area contributed by atoms with E-state index in [0.29, 0.717) is 36.5 Å². The number of hydrogen-bond acceptors (Lipinski definition) is 7. The van der Waals surface area contributed by atoms with E-state index in [0.717, 1.165) is 5.69 Å². The van der Waals surface area contributed by atoms with Crippen LogP contribution in [0.5, 0.6) is 0 Å². The second-order valence-electron chi connectivity index (χ2n) is 6.77. The number of hydrogen-bond donors (Lipinski definition) is 4. The lowest BCUT2D eigenvalue weighted by molar-refractivity contribution is -0.139. The van der Waals surface area contributed by atoms with E-state index in [-0.39, 0.29) is 16.7 Å². The molecule has 2 heterocycles. The molecule has 0 fully saturated rings. The van der Waals surface area contributed by atoms with E-state index in [1.165, 1.54) is 0 Å². The Bertz CT molecular complexity index is 1130. The Balaban J connectivity index is 1.64. The number of aryl methyl sites for hydroxylation is 1. The number of amides is 1. The second-order valence-corrected chi connectivity index (χ2v) is 6.77. The summed E-state index contributed by atoms with van der Waals surface area (Å²) in [5.41, 5.74) is 1.77. The molecule has 4 N–H and O–H groups in total. The Labute approximate surface area is 171 Å². The van der Waals surface area contributed by atoms with Crippen LogP contribution in [0.2, 0.25) is 0 Å². The minimum atomic E-state index is -1.05. The number of H-pyrrole nitrogens is 1. The van der Waals surface area contributed by atoms with Crippen LogP contribution in [-0.2, 0) is 11.3 Å². The Morgan fingerprint density at radius 3 is 2.60 bits per heavy atom. The summed E-state index contributed by atoms with van der Waals surface area (Å²) in [5.74, 6) is -1.02. The van der Waals surface area contributed by atoms with E-state index in [1.54, 1.807) is 37.4 Å². The predicted octanol–water partition coefficient (Wildman–Crippen LogP) is 1.62. The average Bonchev–Trinajstić information content (AvgIpc) is 2.72. The van der Waals surface area contributed by atoms with Gasteiger partial charge in [-0.1, -0.05) is 13.3 Å². The molecule has 3 aromatic rings. The maximum Gasteiger partial charge on any atom is 0.326 e. The third-order valence-corrected chi connectivity index (χ3v) is 4.39. The topological polar surface area (TPSA) is 150 Å². The highest BCUT2D eigenvalue weighted by atomic mass is 16.4. The summed E-state index contributed by atoms with van der Waals surface area (Å²) < 4.78 is 0. The summed E-state index contributed by atoms with van der Waals surface area (Å²) in [6.45, 7) is 3.85. The summed E-state index contributed by atoms with van der Waals surface area (Å²) in [6.07, 6.45) is 2.56. The van der Waals surface area contributed by atoms with Crippen molar-refractivity contribution in [1.82, 2.24) is 25.3 Å². The molecule has 156 valence electrons. The third kappa shape index (κ3) is 4.96. The van der Waals surface area contributed by atoms with Crippen molar-refractivity contribution < 1.29 is 14.7 Å². The van der Waals surface area contributed by atoms with Gasteiger partial charge in [-0.05, 0) is 37.6 Å². The van der Waals surface area contributed by atoms with Gasteiger partial charge in [-0.15, -0.1) is 0 Å². The van der Waals surface area contributed by atoms with Crippen molar-refractivity contribution in [3.05, 3.63) is 57.9 Å². The molecule has 0 aliphatic carbocycles. The standard InChI is InChI=1S/C20H22N6O4/c1-3-4-15(20(29)30)26-18(27)12-5-7-13(8-6-12)21-9-14-10-22-17-16(25-14)19(28)24-11(2)23-17/h5-8,10,15,21H,3-4,9H2,1-2H3,(H,26,27)(H,29,30)(H,22,23,24,28)/t15-/m0/s1. The Morgan fingerprint density at radius 1 is 1.20 bits per heavy atom. The number of carboxylic acid groups (broad SMARTS) is 1. The molecule has 1 aromatic carbocycles. The molecule has 1 atom stereocenters. The number of anilines is 1. The fourth-order valence-corrected chi connectivity index (χ4v) is 2.87. The zero-order valence-electron chi connectivity index (χ0n) is 16.6. The molecule has 3 rings (SSSR count). The molecule has 0 radical (unpaired) electrons. The first-order valence-electron chi connectivity index (χ1n) is 9.47. The summed E-state index contributed by atoms with van der Waals surface area (Å²) in [6, 6.07) is 5.71. The molecule has 10 nitrogen and oxygen atoms in total. The molecule has 0 spiro atoms. The van der Waals surface area contributed by atoms with Gasteiger partial charge in [0.15, 0.2) is 11.2 Å². The van der Waals surface area contributed by atoms with Crippen LogP contribution >= 0.6 is 0 Å². The van der Waals surface area contributed by atoms with Gasteiger partial charge in [-0.25, -0.2) is 19.7 Å². The van der Waals surface area contributed by atoms with Crippen LogP contribution in [0.1, 0.15) is 41.6 Å². The van der Waals surface area contributed by atoms with E-state index in [9.17, 15) is 14.4 Å². The van der Waals surface area contributed by atoms with Gasteiger partial charge in [0.25, 0.3) is 11.5 Å². The lowest BCUT2D eigenvalue weighted by atomic mass is 10.1. The molecule has 1 amide bonds. The van der Waals surface area contributed by atoms with E-state index in [1.807, 2.05) is 6.92 Å². The van der Waals surface area contributed by atoms with Gasteiger partial charge < -0.3 is 20.7 Å². The molecular weight excluding hydrogens is 388 g/mol. The van der Waals surface area contributed by atoms with Crippen molar-refractivity contribution in [2.75, 3.05) is 5.32 Å². The van der Waals surface area contributed by atoms with E-state index in [4.69, 9.17) is 5.11 Å². The van der Waals surface area contributed by atoms with Crippen LogP contribution < -0.4 is 16.2 Å². The third-order valence-electron chi connectivity index (χ3n) is 4.39. The van der Waals surface area contributed by atoms with Crippen molar-refractivity contribution in [3.8, 4) is 0 Å². The van der Waals surface area contributed by atoms with Crippen LogP contribution in [0.25, 0.3) is 11.2 Å².